The van der Waals surface area contributed by atoms with Crippen molar-refractivity contribution in [2.75, 3.05) is 0 Å². The number of aliphatic hydroxyl groups excluding tert-OH is 1. The third kappa shape index (κ3) is 5.71. The molecule has 1 aliphatic rings. The van der Waals surface area contributed by atoms with Crippen molar-refractivity contribution in [3.63, 3.8) is 0 Å². The lowest BCUT2D eigenvalue weighted by Gasteiger charge is -2.23. The summed E-state index contributed by atoms with van der Waals surface area (Å²) >= 11 is 0. The van der Waals surface area contributed by atoms with E-state index in [1.54, 1.807) is 0 Å². The molecule has 0 aliphatic heterocycles. The third-order valence-electron chi connectivity index (χ3n) is 3.70. The van der Waals surface area contributed by atoms with Crippen molar-refractivity contribution < 1.29 is 14.6 Å². The number of hydrogen-bond donors (Lipinski definition) is 2. The van der Waals surface area contributed by atoms with Crippen LogP contribution in [0.15, 0.2) is 24.3 Å². The van der Waals surface area contributed by atoms with Crippen LogP contribution in [0.4, 0.5) is 4.79 Å². The largest absolute Gasteiger partial charge is 0.444 e. The predicted octanol–water partition coefficient (Wildman–Crippen LogP) is 4.19. The first-order chi connectivity index (χ1) is 10.8. The molecule has 0 heterocycles. The van der Waals surface area contributed by atoms with Crippen molar-refractivity contribution in [1.82, 2.24) is 5.32 Å². The Hall–Kier alpha value is -1.81. The van der Waals surface area contributed by atoms with Crippen LogP contribution in [0.1, 0.15) is 63.3 Å². The van der Waals surface area contributed by atoms with E-state index in [1.807, 2.05) is 45.9 Å². The molecular weight excluding hydrogens is 290 g/mol. The van der Waals surface area contributed by atoms with Gasteiger partial charge in [0.15, 0.2) is 0 Å². The molecule has 0 spiro atoms. The van der Waals surface area contributed by atoms with Gasteiger partial charge < -0.3 is 15.2 Å². The number of carbonyl (C=O) groups excluding carboxylic acids is 1. The van der Waals surface area contributed by atoms with Crippen LogP contribution in [0.3, 0.4) is 0 Å². The van der Waals surface area contributed by atoms with E-state index < -0.39 is 11.7 Å². The maximum atomic E-state index is 12.0. The average Bonchev–Trinajstić information content (AvgIpc) is 3.26. The number of benzene rings is 1. The zero-order chi connectivity index (χ0) is 17.0. The van der Waals surface area contributed by atoms with E-state index >= 15 is 0 Å². The maximum Gasteiger partial charge on any atom is 0.408 e. The smallest absolute Gasteiger partial charge is 0.408 e. The highest BCUT2D eigenvalue weighted by molar-refractivity contribution is 5.69. The molecule has 1 aromatic rings. The molecule has 1 saturated carbocycles. The number of allylic oxidation sites excluding steroid dienone is 1. The minimum atomic E-state index is -0.515. The van der Waals surface area contributed by atoms with Crippen molar-refractivity contribution in [1.29, 1.82) is 0 Å². The Morgan fingerprint density at radius 3 is 2.70 bits per heavy atom. The van der Waals surface area contributed by atoms with Gasteiger partial charge in [-0.2, -0.15) is 0 Å². The summed E-state index contributed by atoms with van der Waals surface area (Å²) in [6, 6.07) is 5.65. The van der Waals surface area contributed by atoms with Gasteiger partial charge >= 0.3 is 6.09 Å². The Morgan fingerprint density at radius 1 is 1.43 bits per heavy atom. The van der Waals surface area contributed by atoms with Crippen molar-refractivity contribution in [3.05, 3.63) is 41.0 Å². The van der Waals surface area contributed by atoms with Gasteiger partial charge in [0, 0.05) is 0 Å². The van der Waals surface area contributed by atoms with Gasteiger partial charge in [0.05, 0.1) is 12.6 Å². The van der Waals surface area contributed by atoms with Crippen LogP contribution >= 0.6 is 0 Å². The molecule has 23 heavy (non-hydrogen) atoms. The van der Waals surface area contributed by atoms with Crippen molar-refractivity contribution >= 4 is 12.2 Å². The van der Waals surface area contributed by atoms with Crippen LogP contribution in [-0.4, -0.2) is 16.8 Å². The van der Waals surface area contributed by atoms with Gasteiger partial charge in [0.1, 0.15) is 5.60 Å². The minimum Gasteiger partial charge on any atom is -0.444 e. The summed E-state index contributed by atoms with van der Waals surface area (Å²) < 4.78 is 5.31. The van der Waals surface area contributed by atoms with Gasteiger partial charge in [-0.1, -0.05) is 24.3 Å². The molecule has 1 aliphatic carbocycles. The molecule has 4 nitrogen and oxygen atoms in total. The van der Waals surface area contributed by atoms with Gasteiger partial charge in [-0.25, -0.2) is 4.79 Å². The van der Waals surface area contributed by atoms with E-state index in [4.69, 9.17) is 4.74 Å². The third-order valence-corrected chi connectivity index (χ3v) is 3.70. The summed E-state index contributed by atoms with van der Waals surface area (Å²) in [6.45, 7) is 7.48. The number of ether oxygens (including phenoxy) is 1. The summed E-state index contributed by atoms with van der Waals surface area (Å²) in [5.74, 6) is 0.676. The lowest BCUT2D eigenvalue weighted by atomic mass is 9.98. The highest BCUT2D eigenvalue weighted by Crippen LogP contribution is 2.32. The summed E-state index contributed by atoms with van der Waals surface area (Å²) in [5, 5.41) is 12.2. The number of rotatable bonds is 5. The number of alkyl carbamates (subject to hydrolysis) is 1. The summed E-state index contributed by atoms with van der Waals surface area (Å²) in [4.78, 5) is 12.0. The molecule has 126 valence electrons. The summed E-state index contributed by atoms with van der Waals surface area (Å²) in [7, 11) is 0. The van der Waals surface area contributed by atoms with Crippen LogP contribution < -0.4 is 5.32 Å². The van der Waals surface area contributed by atoms with E-state index in [2.05, 4.69) is 17.5 Å². The zero-order valence-corrected chi connectivity index (χ0v) is 14.4. The molecule has 1 atom stereocenters. The van der Waals surface area contributed by atoms with E-state index in [0.29, 0.717) is 5.92 Å². The lowest BCUT2D eigenvalue weighted by Crippen LogP contribution is -2.34. The first-order valence-corrected chi connectivity index (χ1v) is 8.20. The average molecular weight is 317 g/mol. The molecule has 0 unspecified atom stereocenters. The monoisotopic (exact) mass is 317 g/mol. The quantitative estimate of drug-likeness (QED) is 0.856. The fourth-order valence-corrected chi connectivity index (χ4v) is 2.35. The van der Waals surface area contributed by atoms with Gasteiger partial charge in [-0.05, 0) is 69.2 Å². The minimum absolute atomic E-state index is 0.0123. The molecule has 2 N–H and O–H groups in total. The highest BCUT2D eigenvalue weighted by Gasteiger charge is 2.20. The second-order valence-electron chi connectivity index (χ2n) is 7.19. The van der Waals surface area contributed by atoms with Crippen LogP contribution in [0.2, 0.25) is 0 Å². The van der Waals surface area contributed by atoms with Crippen molar-refractivity contribution in [3.8, 4) is 0 Å². The van der Waals surface area contributed by atoms with Crippen LogP contribution in [-0.2, 0) is 11.3 Å². The molecule has 0 aromatic heterocycles. The number of amides is 1. The summed E-state index contributed by atoms with van der Waals surface area (Å²) in [5.41, 5.74) is 2.41. The molecule has 1 fully saturated rings. The van der Waals surface area contributed by atoms with Gasteiger partial charge in [-0.15, -0.1) is 0 Å². The first kappa shape index (κ1) is 17.5. The molecule has 0 radical (unpaired) electrons. The van der Waals surface area contributed by atoms with E-state index in [9.17, 15) is 9.90 Å². The van der Waals surface area contributed by atoms with Crippen molar-refractivity contribution in [2.24, 2.45) is 5.92 Å². The molecule has 2 rings (SSSR count). The Labute approximate surface area is 138 Å². The fourth-order valence-electron chi connectivity index (χ4n) is 2.35. The van der Waals surface area contributed by atoms with Crippen LogP contribution in [0.25, 0.3) is 6.08 Å². The number of aliphatic hydroxyl groups is 1. The van der Waals surface area contributed by atoms with Gasteiger partial charge in [-0.3, -0.25) is 0 Å². The predicted molar refractivity (Wildman–Crippen MR) is 91.9 cm³/mol. The normalized spacial score (nSPS) is 16.4. The second kappa shape index (κ2) is 7.18. The van der Waals surface area contributed by atoms with E-state index in [1.165, 1.54) is 12.8 Å². The van der Waals surface area contributed by atoms with Gasteiger partial charge in [0.25, 0.3) is 0 Å². The first-order valence-electron chi connectivity index (χ1n) is 8.20. The zero-order valence-electron chi connectivity index (χ0n) is 14.4. The standard InChI is InChI=1S/C19H27NO3/c1-13(20-18(22)23-19(2,3)4)17-10-8-15(12-21)11-16(17)9-7-14-5-6-14/h7-11,13-14,21H,5-6,12H2,1-4H3,(H,20,22)/b9-7+/t13-/m0/s1. The van der Waals surface area contributed by atoms with Crippen molar-refractivity contribution in [2.45, 2.75) is 58.8 Å². The topological polar surface area (TPSA) is 58.6 Å². The summed E-state index contributed by atoms with van der Waals surface area (Å²) in [6.07, 6.45) is 6.38. The van der Waals surface area contributed by atoms with Crippen LogP contribution in [0, 0.1) is 5.92 Å². The lowest BCUT2D eigenvalue weighted by molar-refractivity contribution is 0.0508. The SMILES string of the molecule is C[C@H](NC(=O)OC(C)(C)C)c1ccc(CO)cc1/C=C/C1CC1. The van der Waals surface area contributed by atoms with Gasteiger partial charge in [0.2, 0.25) is 0 Å². The Kier molecular flexibility index (Phi) is 5.47. The number of carbonyl (C=O) groups is 1. The molecule has 0 bridgehead atoms. The molecule has 4 heteroatoms. The molecule has 0 saturated heterocycles. The second-order valence-corrected chi connectivity index (χ2v) is 7.19. The van der Waals surface area contributed by atoms with E-state index in [-0.39, 0.29) is 12.6 Å². The maximum absolute atomic E-state index is 12.0. The Bertz CT molecular complexity index is 583. The molecule has 1 aromatic carbocycles. The van der Waals surface area contributed by atoms with E-state index in [0.717, 1.165) is 16.7 Å². The molecular formula is C19H27NO3. The Morgan fingerprint density at radius 2 is 2.13 bits per heavy atom. The Balaban J connectivity index is 2.14. The molecule has 1 amide bonds. The number of hydrogen-bond acceptors (Lipinski definition) is 3. The highest BCUT2D eigenvalue weighted by atomic mass is 16.6. The number of nitrogens with one attached hydrogen (secondary N) is 1. The fraction of sp³-hybridized carbons (Fsp3) is 0.526. The van der Waals surface area contributed by atoms with Crippen LogP contribution in [0.5, 0.6) is 0 Å².